The molecule has 3 N–H and O–H groups in total. The number of amides is 1. The number of benzene rings is 2. The van der Waals surface area contributed by atoms with Crippen molar-refractivity contribution in [3.05, 3.63) is 65.7 Å². The zero-order valence-corrected chi connectivity index (χ0v) is 15.4. The van der Waals surface area contributed by atoms with Crippen LogP contribution >= 0.6 is 0 Å². The predicted octanol–water partition coefficient (Wildman–Crippen LogP) is 1.34. The van der Waals surface area contributed by atoms with Gasteiger partial charge in [-0.25, -0.2) is 17.9 Å². The van der Waals surface area contributed by atoms with E-state index in [1.165, 1.54) is 25.3 Å². The topological polar surface area (TPSA) is 125 Å². The molecule has 0 aliphatic carbocycles. The first kappa shape index (κ1) is 20.4. The van der Waals surface area contributed by atoms with E-state index in [1.807, 2.05) is 10.8 Å². The zero-order valence-electron chi connectivity index (χ0n) is 14.6. The molecule has 0 radical (unpaired) electrons. The Bertz CT molecular complexity index is 899. The number of nitrogens with two attached hydrogens (primary N) is 1. The van der Waals surface area contributed by atoms with Crippen molar-refractivity contribution < 1.29 is 27.5 Å². The number of ether oxygens (including phenoxy) is 2. The van der Waals surface area contributed by atoms with Gasteiger partial charge in [0.1, 0.15) is 12.6 Å². The van der Waals surface area contributed by atoms with Gasteiger partial charge in [-0.3, -0.25) is 4.79 Å². The third kappa shape index (κ3) is 5.80. The Kier molecular flexibility index (Phi) is 6.91. The van der Waals surface area contributed by atoms with Gasteiger partial charge in [0, 0.05) is 0 Å². The van der Waals surface area contributed by atoms with Gasteiger partial charge in [0.25, 0.3) is 10.0 Å². The van der Waals surface area contributed by atoms with Gasteiger partial charge in [-0.05, 0) is 23.6 Å². The third-order valence-electron chi connectivity index (χ3n) is 3.64. The van der Waals surface area contributed by atoms with E-state index in [2.05, 4.69) is 4.74 Å². The average Bonchev–Trinajstić information content (AvgIpc) is 2.66. The number of hydrogen-bond donors (Lipinski definition) is 2. The molecule has 0 saturated carbocycles. The SMILES string of the molecule is COC(=O)C(N)Cc1ccccc1S(=O)(=O)NC(=O)OCc1ccccc1. The van der Waals surface area contributed by atoms with Gasteiger partial charge < -0.3 is 15.2 Å². The monoisotopic (exact) mass is 392 g/mol. The van der Waals surface area contributed by atoms with E-state index >= 15 is 0 Å². The number of rotatable bonds is 7. The Morgan fingerprint density at radius 1 is 1.07 bits per heavy atom. The fraction of sp³-hybridized carbons (Fsp3) is 0.222. The van der Waals surface area contributed by atoms with Crippen molar-refractivity contribution in [3.63, 3.8) is 0 Å². The van der Waals surface area contributed by atoms with Crippen molar-refractivity contribution in [1.82, 2.24) is 4.72 Å². The summed E-state index contributed by atoms with van der Waals surface area (Å²) >= 11 is 0. The first-order valence-electron chi connectivity index (χ1n) is 7.98. The molecule has 1 unspecified atom stereocenters. The van der Waals surface area contributed by atoms with Crippen LogP contribution in [0.4, 0.5) is 4.79 Å². The quantitative estimate of drug-likeness (QED) is 0.681. The lowest BCUT2D eigenvalue weighted by atomic mass is 10.1. The van der Waals surface area contributed by atoms with Gasteiger partial charge in [-0.1, -0.05) is 48.5 Å². The third-order valence-corrected chi connectivity index (χ3v) is 5.05. The van der Waals surface area contributed by atoms with Crippen LogP contribution in [-0.2, 0) is 37.3 Å². The standard InChI is InChI=1S/C18H20N2O6S/c1-25-17(21)15(19)11-14-9-5-6-10-16(14)27(23,24)20-18(22)26-12-13-7-3-2-4-8-13/h2-10,15H,11-12,19H2,1H3,(H,20,22). The minimum absolute atomic E-state index is 0.0666. The molecule has 9 heteroatoms. The molecule has 0 heterocycles. The normalized spacial score (nSPS) is 12.1. The van der Waals surface area contributed by atoms with Crippen LogP contribution in [0.3, 0.4) is 0 Å². The molecule has 2 rings (SSSR count). The Hall–Kier alpha value is -2.91. The molecule has 144 valence electrons. The van der Waals surface area contributed by atoms with Gasteiger partial charge in [0.2, 0.25) is 0 Å². The van der Waals surface area contributed by atoms with Crippen LogP contribution in [0.15, 0.2) is 59.5 Å². The Balaban J connectivity index is 2.09. The van der Waals surface area contributed by atoms with Crippen molar-refractivity contribution in [2.24, 2.45) is 5.73 Å². The maximum atomic E-state index is 12.5. The van der Waals surface area contributed by atoms with E-state index in [4.69, 9.17) is 10.5 Å². The van der Waals surface area contributed by atoms with Crippen LogP contribution in [0.25, 0.3) is 0 Å². The van der Waals surface area contributed by atoms with E-state index in [-0.39, 0.29) is 23.5 Å². The lowest BCUT2D eigenvalue weighted by Crippen LogP contribution is -2.35. The summed E-state index contributed by atoms with van der Waals surface area (Å²) in [5.41, 5.74) is 6.70. The molecule has 1 atom stereocenters. The Morgan fingerprint density at radius 3 is 2.37 bits per heavy atom. The van der Waals surface area contributed by atoms with Gasteiger partial charge in [-0.2, -0.15) is 0 Å². The average molecular weight is 392 g/mol. The first-order valence-corrected chi connectivity index (χ1v) is 9.46. The lowest BCUT2D eigenvalue weighted by Gasteiger charge is -2.14. The van der Waals surface area contributed by atoms with Crippen molar-refractivity contribution in [2.75, 3.05) is 7.11 Å². The predicted molar refractivity (Wildman–Crippen MR) is 97.1 cm³/mol. The highest BCUT2D eigenvalue weighted by Crippen LogP contribution is 2.17. The number of esters is 1. The van der Waals surface area contributed by atoms with Crippen LogP contribution in [0.1, 0.15) is 11.1 Å². The largest absolute Gasteiger partial charge is 0.468 e. The first-order chi connectivity index (χ1) is 12.8. The number of carbonyl (C=O) groups excluding carboxylic acids is 2. The molecule has 0 aromatic heterocycles. The van der Waals surface area contributed by atoms with E-state index in [1.54, 1.807) is 30.3 Å². The van der Waals surface area contributed by atoms with Crippen LogP contribution in [0, 0.1) is 0 Å². The molecule has 0 saturated heterocycles. The van der Waals surface area contributed by atoms with Crippen LogP contribution in [0.2, 0.25) is 0 Å². The van der Waals surface area contributed by atoms with Gasteiger partial charge in [0.05, 0.1) is 12.0 Å². The Morgan fingerprint density at radius 2 is 1.70 bits per heavy atom. The summed E-state index contributed by atoms with van der Waals surface area (Å²) in [5.74, 6) is -0.669. The summed E-state index contributed by atoms with van der Waals surface area (Å²) in [5, 5.41) is 0. The van der Waals surface area contributed by atoms with Crippen LogP contribution in [-0.4, -0.2) is 33.6 Å². The molecule has 8 nitrogen and oxygen atoms in total. The molecule has 2 aromatic rings. The Labute approximate surface area is 157 Å². The second kappa shape index (κ2) is 9.15. The number of hydrogen-bond acceptors (Lipinski definition) is 7. The van der Waals surface area contributed by atoms with E-state index in [0.29, 0.717) is 0 Å². The van der Waals surface area contributed by atoms with E-state index < -0.39 is 28.1 Å². The van der Waals surface area contributed by atoms with E-state index in [9.17, 15) is 18.0 Å². The number of carbonyl (C=O) groups is 2. The van der Waals surface area contributed by atoms with Crippen molar-refractivity contribution in [1.29, 1.82) is 0 Å². The van der Waals surface area contributed by atoms with Crippen LogP contribution < -0.4 is 10.5 Å². The summed E-state index contributed by atoms with van der Waals surface area (Å²) in [7, 11) is -3.02. The molecule has 2 aromatic carbocycles. The van der Waals surface area contributed by atoms with Gasteiger partial charge in [0.15, 0.2) is 0 Å². The zero-order chi connectivity index (χ0) is 19.9. The smallest absolute Gasteiger partial charge is 0.421 e. The molecule has 0 fully saturated rings. The highest BCUT2D eigenvalue weighted by atomic mass is 32.2. The molecule has 27 heavy (non-hydrogen) atoms. The molecule has 0 aliphatic heterocycles. The van der Waals surface area contributed by atoms with Crippen LogP contribution in [0.5, 0.6) is 0 Å². The summed E-state index contributed by atoms with van der Waals surface area (Å²) in [6.07, 6.45) is -1.17. The maximum absolute atomic E-state index is 12.5. The molecule has 0 aliphatic rings. The number of methoxy groups -OCH3 is 1. The minimum atomic E-state index is -4.20. The highest BCUT2D eigenvalue weighted by molar-refractivity contribution is 7.90. The summed E-state index contributed by atoms with van der Waals surface area (Å²) in [4.78, 5) is 23.2. The summed E-state index contributed by atoms with van der Waals surface area (Å²) < 4.78 is 36.4. The van der Waals surface area contributed by atoms with Gasteiger partial charge >= 0.3 is 12.1 Å². The second-order valence-electron chi connectivity index (χ2n) is 5.61. The molecule has 1 amide bonds. The van der Waals surface area contributed by atoms with Crippen molar-refractivity contribution in [3.8, 4) is 0 Å². The summed E-state index contributed by atoms with van der Waals surface area (Å²) in [6.45, 7) is -0.0724. The number of nitrogens with one attached hydrogen (secondary N) is 1. The van der Waals surface area contributed by atoms with Gasteiger partial charge in [-0.15, -0.1) is 0 Å². The number of sulfonamides is 1. The van der Waals surface area contributed by atoms with Crippen molar-refractivity contribution >= 4 is 22.1 Å². The minimum Gasteiger partial charge on any atom is -0.468 e. The highest BCUT2D eigenvalue weighted by Gasteiger charge is 2.24. The lowest BCUT2D eigenvalue weighted by molar-refractivity contribution is -0.142. The molecule has 0 bridgehead atoms. The molecular formula is C18H20N2O6S. The fourth-order valence-corrected chi connectivity index (χ4v) is 3.47. The van der Waals surface area contributed by atoms with E-state index in [0.717, 1.165) is 5.56 Å². The second-order valence-corrected chi connectivity index (χ2v) is 7.26. The summed E-state index contributed by atoms with van der Waals surface area (Å²) in [6, 6.07) is 13.7. The van der Waals surface area contributed by atoms with Crippen molar-refractivity contribution in [2.45, 2.75) is 24.0 Å². The fourth-order valence-electron chi connectivity index (χ4n) is 2.32. The molecular weight excluding hydrogens is 372 g/mol. The maximum Gasteiger partial charge on any atom is 0.421 e. The molecule has 0 spiro atoms.